The molecule has 19 heavy (non-hydrogen) atoms. The molecule has 0 unspecified atom stereocenters. The maximum atomic E-state index is 12.7. The number of carboxylic acid groups (broad SMARTS) is 1. The Labute approximate surface area is 108 Å². The van der Waals surface area contributed by atoms with Crippen LogP contribution in [-0.4, -0.2) is 39.6 Å². The second-order valence-corrected chi connectivity index (χ2v) is 5.30. The Morgan fingerprint density at radius 3 is 2.00 bits per heavy atom. The molecule has 108 valence electrons. The Bertz CT molecular complexity index is 384. The van der Waals surface area contributed by atoms with E-state index in [1.807, 2.05) is 0 Å². The summed E-state index contributed by atoms with van der Waals surface area (Å²) in [4.78, 5) is 23.5. The van der Waals surface area contributed by atoms with E-state index in [1.165, 1.54) is 0 Å². The predicted molar refractivity (Wildman–Crippen MR) is 59.4 cm³/mol. The van der Waals surface area contributed by atoms with E-state index in [0.717, 1.165) is 19.3 Å². The van der Waals surface area contributed by atoms with Crippen LogP contribution in [0.2, 0.25) is 0 Å². The Balaban J connectivity index is 2.28. The number of hydrogen-bond donors (Lipinski definition) is 1. The number of carbonyl (C=O) groups is 2. The van der Waals surface area contributed by atoms with Crippen LogP contribution >= 0.6 is 0 Å². The lowest BCUT2D eigenvalue weighted by atomic mass is 9.92. The van der Waals surface area contributed by atoms with E-state index in [-0.39, 0.29) is 12.8 Å². The Hall–Kier alpha value is -1.27. The van der Waals surface area contributed by atoms with Gasteiger partial charge >= 0.3 is 18.1 Å². The summed E-state index contributed by atoms with van der Waals surface area (Å²) in [5.74, 6) is -3.32. The summed E-state index contributed by atoms with van der Waals surface area (Å²) in [6, 6.07) is -0.596. The van der Waals surface area contributed by atoms with E-state index in [2.05, 4.69) is 0 Å². The summed E-state index contributed by atoms with van der Waals surface area (Å²) in [5.41, 5.74) is -1.62. The highest BCUT2D eigenvalue weighted by molar-refractivity contribution is 5.92. The first-order valence-corrected chi connectivity index (χ1v) is 6.43. The number of amides is 1. The second-order valence-electron chi connectivity index (χ2n) is 5.30. The lowest BCUT2D eigenvalue weighted by Crippen LogP contribution is -2.57. The van der Waals surface area contributed by atoms with Gasteiger partial charge in [0.05, 0.1) is 0 Å². The van der Waals surface area contributed by atoms with Gasteiger partial charge in [-0.25, -0.2) is 4.79 Å². The van der Waals surface area contributed by atoms with Crippen molar-refractivity contribution < 1.29 is 27.9 Å². The molecule has 0 saturated heterocycles. The summed E-state index contributed by atoms with van der Waals surface area (Å²) >= 11 is 0. The predicted octanol–water partition coefficient (Wildman–Crippen LogP) is 2.33. The molecule has 0 aliphatic heterocycles. The highest BCUT2D eigenvalue weighted by Gasteiger charge is 2.62. The topological polar surface area (TPSA) is 57.6 Å². The minimum atomic E-state index is -5.01. The van der Waals surface area contributed by atoms with Crippen LogP contribution in [0.15, 0.2) is 0 Å². The van der Waals surface area contributed by atoms with Gasteiger partial charge in [-0.1, -0.05) is 19.3 Å². The first-order valence-electron chi connectivity index (χ1n) is 6.43. The molecule has 7 heteroatoms. The normalized spacial score (nSPS) is 22.9. The van der Waals surface area contributed by atoms with Gasteiger partial charge in [-0.3, -0.25) is 4.79 Å². The van der Waals surface area contributed by atoms with E-state index in [4.69, 9.17) is 5.11 Å². The zero-order valence-corrected chi connectivity index (χ0v) is 10.4. The van der Waals surface area contributed by atoms with Crippen LogP contribution in [-0.2, 0) is 9.59 Å². The molecule has 0 spiro atoms. The van der Waals surface area contributed by atoms with Gasteiger partial charge in [-0.2, -0.15) is 13.2 Å². The van der Waals surface area contributed by atoms with Crippen LogP contribution in [0.3, 0.4) is 0 Å². The molecule has 2 fully saturated rings. The van der Waals surface area contributed by atoms with Crippen molar-refractivity contribution in [2.75, 3.05) is 0 Å². The summed E-state index contributed by atoms with van der Waals surface area (Å²) in [5, 5.41) is 9.16. The SMILES string of the molecule is O=C(N(C1CCCCC1)C1(C(=O)O)CC1)C(F)(F)F. The minimum Gasteiger partial charge on any atom is -0.479 e. The van der Waals surface area contributed by atoms with Crippen molar-refractivity contribution in [3.63, 3.8) is 0 Å². The van der Waals surface area contributed by atoms with E-state index < -0.39 is 29.6 Å². The fourth-order valence-corrected chi connectivity index (χ4v) is 2.86. The molecular formula is C12H16F3NO3. The van der Waals surface area contributed by atoms with Gasteiger partial charge in [-0.15, -0.1) is 0 Å². The molecular weight excluding hydrogens is 263 g/mol. The highest BCUT2D eigenvalue weighted by atomic mass is 19.4. The number of halogens is 3. The zero-order chi connectivity index (χ0) is 14.3. The highest BCUT2D eigenvalue weighted by Crippen LogP contribution is 2.46. The van der Waals surface area contributed by atoms with E-state index >= 15 is 0 Å². The molecule has 2 saturated carbocycles. The van der Waals surface area contributed by atoms with Crippen LogP contribution in [0.5, 0.6) is 0 Å². The smallest absolute Gasteiger partial charge is 0.471 e. The van der Waals surface area contributed by atoms with E-state index in [9.17, 15) is 22.8 Å². The van der Waals surface area contributed by atoms with Gasteiger partial charge in [-0.05, 0) is 25.7 Å². The molecule has 0 aromatic rings. The molecule has 0 bridgehead atoms. The van der Waals surface area contributed by atoms with Crippen molar-refractivity contribution in [3.05, 3.63) is 0 Å². The number of nitrogens with zero attached hydrogens (tertiary/aromatic N) is 1. The quantitative estimate of drug-likeness (QED) is 0.862. The third kappa shape index (κ3) is 2.55. The zero-order valence-electron chi connectivity index (χ0n) is 10.4. The van der Waals surface area contributed by atoms with Gasteiger partial charge in [0.15, 0.2) is 0 Å². The average Bonchev–Trinajstić information content (AvgIpc) is 3.11. The van der Waals surface area contributed by atoms with Crippen molar-refractivity contribution in [3.8, 4) is 0 Å². The van der Waals surface area contributed by atoms with E-state index in [0.29, 0.717) is 17.7 Å². The van der Waals surface area contributed by atoms with Gasteiger partial charge in [0.1, 0.15) is 5.54 Å². The Morgan fingerprint density at radius 2 is 1.63 bits per heavy atom. The first kappa shape index (κ1) is 14.1. The van der Waals surface area contributed by atoms with Gasteiger partial charge in [0, 0.05) is 6.04 Å². The molecule has 0 atom stereocenters. The third-order valence-corrected chi connectivity index (χ3v) is 3.98. The van der Waals surface area contributed by atoms with Crippen molar-refractivity contribution in [1.82, 2.24) is 4.90 Å². The number of hydrogen-bond acceptors (Lipinski definition) is 2. The van der Waals surface area contributed by atoms with Crippen molar-refractivity contribution >= 4 is 11.9 Å². The monoisotopic (exact) mass is 279 g/mol. The molecule has 0 radical (unpaired) electrons. The average molecular weight is 279 g/mol. The van der Waals surface area contributed by atoms with Gasteiger partial charge < -0.3 is 10.0 Å². The molecule has 2 aliphatic carbocycles. The van der Waals surface area contributed by atoms with Crippen LogP contribution in [0.25, 0.3) is 0 Å². The van der Waals surface area contributed by atoms with Crippen molar-refractivity contribution in [2.24, 2.45) is 0 Å². The third-order valence-electron chi connectivity index (χ3n) is 3.98. The number of carbonyl (C=O) groups excluding carboxylic acids is 1. The molecule has 2 aliphatic rings. The second kappa shape index (κ2) is 4.68. The van der Waals surface area contributed by atoms with Crippen molar-refractivity contribution in [2.45, 2.75) is 62.7 Å². The fraction of sp³-hybridized carbons (Fsp3) is 0.833. The molecule has 0 aromatic heterocycles. The largest absolute Gasteiger partial charge is 0.479 e. The van der Waals surface area contributed by atoms with Gasteiger partial charge in [0.25, 0.3) is 0 Å². The molecule has 1 amide bonds. The summed E-state index contributed by atoms with van der Waals surface area (Å²) in [6.07, 6.45) is -1.48. The summed E-state index contributed by atoms with van der Waals surface area (Å²) < 4.78 is 38.1. The number of alkyl halides is 3. The lowest BCUT2D eigenvalue weighted by Gasteiger charge is -2.38. The molecule has 1 N–H and O–H groups in total. The Kier molecular flexibility index (Phi) is 3.49. The summed E-state index contributed by atoms with van der Waals surface area (Å²) in [6.45, 7) is 0. The van der Waals surface area contributed by atoms with Crippen LogP contribution in [0.4, 0.5) is 13.2 Å². The minimum absolute atomic E-state index is 0.112. The van der Waals surface area contributed by atoms with Crippen LogP contribution in [0.1, 0.15) is 44.9 Å². The summed E-state index contributed by atoms with van der Waals surface area (Å²) in [7, 11) is 0. The molecule has 4 nitrogen and oxygen atoms in total. The van der Waals surface area contributed by atoms with Crippen LogP contribution in [0, 0.1) is 0 Å². The first-order chi connectivity index (χ1) is 8.79. The maximum Gasteiger partial charge on any atom is 0.471 e. The maximum absolute atomic E-state index is 12.7. The van der Waals surface area contributed by atoms with Crippen LogP contribution < -0.4 is 0 Å². The lowest BCUT2D eigenvalue weighted by molar-refractivity contribution is -0.194. The van der Waals surface area contributed by atoms with E-state index in [1.54, 1.807) is 0 Å². The Morgan fingerprint density at radius 1 is 1.11 bits per heavy atom. The van der Waals surface area contributed by atoms with Gasteiger partial charge in [0.2, 0.25) is 0 Å². The number of aliphatic carboxylic acids is 1. The standard InChI is InChI=1S/C12H16F3NO3/c13-12(14,15)9(17)16(8-4-2-1-3-5-8)11(6-7-11)10(18)19/h8H,1-7H2,(H,18,19). The molecule has 0 aromatic carbocycles. The molecule has 0 heterocycles. The number of carboxylic acids is 1. The molecule has 2 rings (SSSR count). The van der Waals surface area contributed by atoms with Crippen molar-refractivity contribution in [1.29, 1.82) is 0 Å². The fourth-order valence-electron chi connectivity index (χ4n) is 2.86. The number of rotatable bonds is 3.